The lowest BCUT2D eigenvalue weighted by molar-refractivity contribution is -0.387. The second kappa shape index (κ2) is 4.82. The largest absolute Gasteiger partial charge is 0.593 e. The highest BCUT2D eigenvalue weighted by Crippen LogP contribution is 2.28. The van der Waals surface area contributed by atoms with Crippen LogP contribution in [-0.2, 0) is 11.4 Å². The fourth-order valence-electron chi connectivity index (χ4n) is 1.75. The zero-order chi connectivity index (χ0) is 11.5. The Hall–Kier alpha value is -1.11. The molecule has 1 atom stereocenters. The van der Waals surface area contributed by atoms with Crippen LogP contribution in [0.2, 0.25) is 0 Å². The zero-order valence-corrected chi connectivity index (χ0v) is 9.48. The summed E-state index contributed by atoms with van der Waals surface area (Å²) in [5, 5.41) is 10.8. The van der Waals surface area contributed by atoms with Crippen LogP contribution in [0, 0.1) is 10.1 Å². The summed E-state index contributed by atoms with van der Waals surface area (Å²) in [5.74, 6) is 0. The van der Waals surface area contributed by atoms with Gasteiger partial charge in [-0.3, -0.25) is 10.1 Å². The Morgan fingerprint density at radius 1 is 1.25 bits per heavy atom. The fraction of sp³-hybridized carbons (Fsp3) is 0.400. The second-order valence-corrected chi connectivity index (χ2v) is 5.06. The van der Waals surface area contributed by atoms with Crippen molar-refractivity contribution in [2.45, 2.75) is 17.7 Å². The van der Waals surface area contributed by atoms with Gasteiger partial charge in [-0.05, 0) is 12.8 Å². The molecule has 1 heterocycles. The summed E-state index contributed by atoms with van der Waals surface area (Å²) >= 11 is -1.40. The van der Waals surface area contributed by atoms with Gasteiger partial charge in [0, 0.05) is 25.2 Å². The van der Waals surface area contributed by atoms with Crippen LogP contribution in [0.3, 0.4) is 0 Å². The average Bonchev–Trinajstić information content (AvgIpc) is 2.81. The Bertz CT molecular complexity index is 393. The maximum atomic E-state index is 12.1. The average molecular weight is 240 g/mol. The van der Waals surface area contributed by atoms with Gasteiger partial charge < -0.3 is 4.55 Å². The molecule has 6 heteroatoms. The summed E-state index contributed by atoms with van der Waals surface area (Å²) in [5.41, 5.74) is -0.0623. The van der Waals surface area contributed by atoms with Crippen molar-refractivity contribution in [2.75, 3.05) is 13.1 Å². The molecule has 0 aromatic heterocycles. The van der Waals surface area contributed by atoms with Crippen LogP contribution in [0.5, 0.6) is 0 Å². The molecule has 2 rings (SSSR count). The number of hydrogen-bond donors (Lipinski definition) is 0. The predicted molar refractivity (Wildman–Crippen MR) is 60.3 cm³/mol. The summed E-state index contributed by atoms with van der Waals surface area (Å²) < 4.78 is 13.9. The van der Waals surface area contributed by atoms with E-state index in [2.05, 4.69) is 0 Å². The van der Waals surface area contributed by atoms with Crippen molar-refractivity contribution in [3.8, 4) is 0 Å². The molecule has 0 amide bonds. The van der Waals surface area contributed by atoms with Crippen molar-refractivity contribution in [3.63, 3.8) is 0 Å². The molecule has 1 aliphatic heterocycles. The smallest absolute Gasteiger partial charge is 0.325 e. The van der Waals surface area contributed by atoms with Gasteiger partial charge in [-0.15, -0.1) is 4.31 Å². The second-order valence-electron chi connectivity index (χ2n) is 3.61. The summed E-state index contributed by atoms with van der Waals surface area (Å²) in [4.78, 5) is 10.6. The van der Waals surface area contributed by atoms with E-state index < -0.39 is 16.3 Å². The predicted octanol–water partition coefficient (Wildman–Crippen LogP) is 1.71. The minimum absolute atomic E-state index is 0.0623. The highest BCUT2D eigenvalue weighted by molar-refractivity contribution is 7.89. The van der Waals surface area contributed by atoms with Crippen molar-refractivity contribution in [1.29, 1.82) is 0 Å². The minimum Gasteiger partial charge on any atom is -0.593 e. The molecule has 0 aliphatic carbocycles. The van der Waals surface area contributed by atoms with E-state index in [1.54, 1.807) is 22.5 Å². The molecule has 1 aromatic carbocycles. The van der Waals surface area contributed by atoms with Crippen LogP contribution >= 0.6 is 0 Å². The highest BCUT2D eigenvalue weighted by Gasteiger charge is 2.31. The molecule has 5 nitrogen and oxygen atoms in total. The summed E-state index contributed by atoms with van der Waals surface area (Å²) in [7, 11) is 0. The molecule has 1 aliphatic rings. The van der Waals surface area contributed by atoms with Crippen LogP contribution < -0.4 is 0 Å². The molecule has 0 bridgehead atoms. The molecule has 16 heavy (non-hydrogen) atoms. The first-order chi connectivity index (χ1) is 7.70. The normalized spacial score (nSPS) is 18.6. The number of nitrogens with zero attached hydrogens (tertiary/aromatic N) is 2. The van der Waals surface area contributed by atoms with Gasteiger partial charge in [0.2, 0.25) is 0 Å². The van der Waals surface area contributed by atoms with E-state index in [-0.39, 0.29) is 5.69 Å². The lowest BCUT2D eigenvalue weighted by atomic mass is 10.3. The summed E-state index contributed by atoms with van der Waals surface area (Å²) in [6.45, 7) is 1.50. The van der Waals surface area contributed by atoms with Crippen LogP contribution in [0.1, 0.15) is 12.8 Å². The quantitative estimate of drug-likeness (QED) is 0.458. The molecule has 0 N–H and O–H groups in total. The van der Waals surface area contributed by atoms with Gasteiger partial charge in [0.25, 0.3) is 4.90 Å². The number of rotatable bonds is 3. The number of nitro groups is 1. The SMILES string of the molecule is O=[N+]([O-])c1ccccc1[S+]([O-])N1CCCC1. The Labute approximate surface area is 96.5 Å². The first-order valence-corrected chi connectivity index (χ1v) is 6.21. The van der Waals surface area contributed by atoms with Gasteiger partial charge in [0.1, 0.15) is 0 Å². The molecular weight excluding hydrogens is 228 g/mol. The maximum absolute atomic E-state index is 12.1. The molecule has 1 unspecified atom stereocenters. The van der Waals surface area contributed by atoms with Crippen molar-refractivity contribution < 1.29 is 9.48 Å². The van der Waals surface area contributed by atoms with Crippen molar-refractivity contribution in [2.24, 2.45) is 0 Å². The van der Waals surface area contributed by atoms with Crippen LogP contribution in [0.25, 0.3) is 0 Å². The van der Waals surface area contributed by atoms with Gasteiger partial charge in [-0.25, -0.2) is 0 Å². The monoisotopic (exact) mass is 240 g/mol. The fourth-order valence-corrected chi connectivity index (χ4v) is 3.13. The van der Waals surface area contributed by atoms with Gasteiger partial charge in [-0.2, -0.15) is 0 Å². The van der Waals surface area contributed by atoms with E-state index in [1.807, 2.05) is 0 Å². The third kappa shape index (κ3) is 2.18. The van der Waals surface area contributed by atoms with E-state index >= 15 is 0 Å². The third-order valence-electron chi connectivity index (χ3n) is 2.55. The van der Waals surface area contributed by atoms with Crippen molar-refractivity contribution in [1.82, 2.24) is 4.31 Å². The summed E-state index contributed by atoms with van der Waals surface area (Å²) in [6, 6.07) is 6.22. The van der Waals surface area contributed by atoms with Gasteiger partial charge in [0.15, 0.2) is 0 Å². The van der Waals surface area contributed by atoms with Crippen LogP contribution in [0.4, 0.5) is 5.69 Å². The Kier molecular flexibility index (Phi) is 3.42. The highest BCUT2D eigenvalue weighted by atomic mass is 32.2. The van der Waals surface area contributed by atoms with E-state index in [0.29, 0.717) is 4.90 Å². The number of hydrogen-bond acceptors (Lipinski definition) is 4. The first-order valence-electron chi connectivity index (χ1n) is 5.10. The van der Waals surface area contributed by atoms with Crippen LogP contribution in [0.15, 0.2) is 29.2 Å². The topological polar surface area (TPSA) is 69.4 Å². The Morgan fingerprint density at radius 3 is 2.50 bits per heavy atom. The maximum Gasteiger partial charge on any atom is 0.325 e. The van der Waals surface area contributed by atoms with E-state index in [9.17, 15) is 14.7 Å². The molecule has 1 saturated heterocycles. The van der Waals surface area contributed by atoms with Gasteiger partial charge in [0.05, 0.1) is 16.3 Å². The third-order valence-corrected chi connectivity index (χ3v) is 4.11. The molecular formula is C10H12N2O3S. The zero-order valence-electron chi connectivity index (χ0n) is 8.67. The van der Waals surface area contributed by atoms with E-state index in [0.717, 1.165) is 25.9 Å². The lowest BCUT2D eigenvalue weighted by Crippen LogP contribution is -2.28. The molecule has 0 spiro atoms. The van der Waals surface area contributed by atoms with Crippen LogP contribution in [-0.4, -0.2) is 26.9 Å². The minimum atomic E-state index is -1.40. The van der Waals surface area contributed by atoms with E-state index in [1.165, 1.54) is 6.07 Å². The molecule has 1 fully saturated rings. The number of benzene rings is 1. The lowest BCUT2D eigenvalue weighted by Gasteiger charge is -2.18. The van der Waals surface area contributed by atoms with Crippen molar-refractivity contribution >= 4 is 17.0 Å². The van der Waals surface area contributed by atoms with Crippen molar-refractivity contribution in [3.05, 3.63) is 34.4 Å². The Morgan fingerprint density at radius 2 is 1.88 bits per heavy atom. The first kappa shape index (κ1) is 11.4. The van der Waals surface area contributed by atoms with E-state index in [4.69, 9.17) is 0 Å². The number of nitro benzene ring substituents is 1. The van der Waals surface area contributed by atoms with Gasteiger partial charge in [-0.1, -0.05) is 12.1 Å². The Balaban J connectivity index is 2.27. The summed E-state index contributed by atoms with van der Waals surface area (Å²) in [6.07, 6.45) is 2.01. The molecule has 1 aromatic rings. The molecule has 0 saturated carbocycles. The van der Waals surface area contributed by atoms with Gasteiger partial charge >= 0.3 is 5.69 Å². The number of para-hydroxylation sites is 1. The standard InChI is InChI=1S/C10H12N2O3S/c13-12(14)9-5-1-2-6-10(9)16(15)11-7-3-4-8-11/h1-2,5-6H,3-4,7-8H2. The molecule has 86 valence electrons. The molecule has 0 radical (unpaired) electrons.